The number of anilines is 1. The van der Waals surface area contributed by atoms with E-state index in [1.807, 2.05) is 19.1 Å². The van der Waals surface area contributed by atoms with Crippen LogP contribution >= 0.6 is 0 Å². The monoisotopic (exact) mass is 325 g/mol. The molecule has 0 radical (unpaired) electrons. The molecule has 2 heterocycles. The quantitative estimate of drug-likeness (QED) is 0.939. The Hall–Kier alpha value is -2.78. The lowest BCUT2D eigenvalue weighted by atomic mass is 10.2. The highest BCUT2D eigenvalue weighted by atomic mass is 16.5. The number of nitrogens with one attached hydrogen (secondary N) is 1. The Morgan fingerprint density at radius 1 is 1.33 bits per heavy atom. The maximum Gasteiger partial charge on any atom is 0.322 e. The van der Waals surface area contributed by atoms with Crippen LogP contribution in [0.3, 0.4) is 0 Å². The fraction of sp³-hybridized carbons (Fsp3) is 0.333. The lowest BCUT2D eigenvalue weighted by Crippen LogP contribution is -2.45. The van der Waals surface area contributed by atoms with Crippen LogP contribution < -0.4 is 5.32 Å². The van der Waals surface area contributed by atoms with Crippen LogP contribution in [0.25, 0.3) is 0 Å². The Labute approximate surface area is 140 Å². The first-order chi connectivity index (χ1) is 11.7. The maximum atomic E-state index is 12.6. The summed E-state index contributed by atoms with van der Waals surface area (Å²) in [5, 5.41) is 11.7. The molecule has 1 atom stereocenters. The van der Waals surface area contributed by atoms with Crippen molar-refractivity contribution in [3.05, 3.63) is 53.5 Å². The number of ether oxygens (including phenoxy) is 1. The van der Waals surface area contributed by atoms with Crippen LogP contribution in [0.15, 0.2) is 40.8 Å². The zero-order valence-electron chi connectivity index (χ0n) is 13.5. The number of morpholine rings is 1. The molecule has 1 aliphatic rings. The number of carbonyl (C=O) groups excluding carboxylic acids is 1. The van der Waals surface area contributed by atoms with Gasteiger partial charge in [0.1, 0.15) is 17.6 Å². The second-order valence-corrected chi connectivity index (χ2v) is 5.56. The smallest absolute Gasteiger partial charge is 0.322 e. The molecule has 124 valence electrons. The highest BCUT2D eigenvalue weighted by Gasteiger charge is 2.31. The van der Waals surface area contributed by atoms with E-state index in [1.165, 1.54) is 0 Å². The highest BCUT2D eigenvalue weighted by molar-refractivity contribution is 5.89. The molecule has 0 spiro atoms. The van der Waals surface area contributed by atoms with E-state index in [0.717, 1.165) is 17.9 Å². The molecule has 0 aliphatic carbocycles. The van der Waals surface area contributed by atoms with Crippen LogP contribution in [0.2, 0.25) is 0 Å². The molecule has 2 amide bonds. The third-order valence-corrected chi connectivity index (χ3v) is 4.01. The Bertz CT molecular complexity index is 746. The van der Waals surface area contributed by atoms with E-state index < -0.39 is 0 Å². The fourth-order valence-corrected chi connectivity index (χ4v) is 2.67. The summed E-state index contributed by atoms with van der Waals surface area (Å²) in [5.41, 5.74) is 1.21. The van der Waals surface area contributed by atoms with Crippen molar-refractivity contribution in [2.75, 3.05) is 25.1 Å². The minimum absolute atomic E-state index is 0.206. The number of carbonyl (C=O) groups is 1. The Morgan fingerprint density at radius 3 is 2.79 bits per heavy atom. The van der Waals surface area contributed by atoms with Crippen LogP contribution in [0, 0.1) is 11.3 Å². The third-order valence-electron chi connectivity index (χ3n) is 4.01. The molecule has 6 heteroatoms. The summed E-state index contributed by atoms with van der Waals surface area (Å²) in [4.78, 5) is 14.4. The normalized spacial score (nSPS) is 17.3. The van der Waals surface area contributed by atoms with Crippen LogP contribution in [-0.4, -0.2) is 30.7 Å². The zero-order chi connectivity index (χ0) is 16.9. The molecule has 1 aliphatic heterocycles. The second-order valence-electron chi connectivity index (χ2n) is 5.56. The number of rotatable bonds is 3. The topological polar surface area (TPSA) is 78.5 Å². The predicted octanol–water partition coefficient (Wildman–Crippen LogP) is 3.32. The number of aryl methyl sites for hydroxylation is 1. The molecule has 24 heavy (non-hydrogen) atoms. The summed E-state index contributed by atoms with van der Waals surface area (Å²) in [6.45, 7) is 3.43. The van der Waals surface area contributed by atoms with Gasteiger partial charge >= 0.3 is 6.03 Å². The van der Waals surface area contributed by atoms with Crippen molar-refractivity contribution in [2.24, 2.45) is 0 Å². The molecule has 0 unspecified atom stereocenters. The van der Waals surface area contributed by atoms with Gasteiger partial charge in [0.05, 0.1) is 24.8 Å². The number of hydrogen-bond acceptors (Lipinski definition) is 4. The number of benzene rings is 1. The first kappa shape index (κ1) is 16.1. The molecule has 1 aromatic heterocycles. The average molecular weight is 325 g/mol. The molecular formula is C18H19N3O3. The van der Waals surface area contributed by atoms with Crippen LogP contribution in [0.4, 0.5) is 10.5 Å². The number of nitrogens with zero attached hydrogens (tertiary/aromatic N) is 2. The first-order valence-corrected chi connectivity index (χ1v) is 7.95. The van der Waals surface area contributed by atoms with Gasteiger partial charge in [-0.1, -0.05) is 6.92 Å². The molecule has 1 aromatic carbocycles. The average Bonchev–Trinajstić information content (AvgIpc) is 3.11. The maximum absolute atomic E-state index is 12.6. The van der Waals surface area contributed by atoms with E-state index in [-0.39, 0.29) is 12.1 Å². The summed E-state index contributed by atoms with van der Waals surface area (Å²) in [7, 11) is 0. The van der Waals surface area contributed by atoms with Crippen LogP contribution in [0.5, 0.6) is 0 Å². The summed E-state index contributed by atoms with van der Waals surface area (Å²) in [5.74, 6) is 1.63. The molecule has 1 fully saturated rings. The van der Waals surface area contributed by atoms with Crippen molar-refractivity contribution in [1.82, 2.24) is 4.90 Å². The van der Waals surface area contributed by atoms with E-state index in [1.54, 1.807) is 29.2 Å². The fourth-order valence-electron chi connectivity index (χ4n) is 2.67. The third kappa shape index (κ3) is 3.42. The largest absolute Gasteiger partial charge is 0.464 e. The van der Waals surface area contributed by atoms with Crippen molar-refractivity contribution in [1.29, 1.82) is 5.26 Å². The second kappa shape index (κ2) is 7.20. The van der Waals surface area contributed by atoms with Gasteiger partial charge in [0, 0.05) is 18.7 Å². The summed E-state index contributed by atoms with van der Waals surface area (Å²) in [6, 6.07) is 12.2. The minimum atomic E-state index is -0.238. The molecule has 0 saturated carbocycles. The van der Waals surface area contributed by atoms with Crippen molar-refractivity contribution < 1.29 is 13.9 Å². The van der Waals surface area contributed by atoms with E-state index in [9.17, 15) is 4.79 Å². The van der Waals surface area contributed by atoms with Gasteiger partial charge in [0.25, 0.3) is 0 Å². The summed E-state index contributed by atoms with van der Waals surface area (Å²) >= 11 is 0. The number of amides is 2. The van der Waals surface area contributed by atoms with E-state index in [2.05, 4.69) is 11.4 Å². The van der Waals surface area contributed by atoms with Gasteiger partial charge in [-0.3, -0.25) is 0 Å². The highest BCUT2D eigenvalue weighted by Crippen LogP contribution is 2.27. The zero-order valence-corrected chi connectivity index (χ0v) is 13.5. The van der Waals surface area contributed by atoms with Gasteiger partial charge in [-0.05, 0) is 36.4 Å². The molecule has 6 nitrogen and oxygen atoms in total. The lowest BCUT2D eigenvalue weighted by molar-refractivity contribution is 0.00702. The van der Waals surface area contributed by atoms with Crippen molar-refractivity contribution in [2.45, 2.75) is 19.4 Å². The Morgan fingerprint density at radius 2 is 2.12 bits per heavy atom. The van der Waals surface area contributed by atoms with E-state index >= 15 is 0 Å². The van der Waals surface area contributed by atoms with Gasteiger partial charge in [-0.15, -0.1) is 0 Å². The van der Waals surface area contributed by atoms with Crippen molar-refractivity contribution in [3.8, 4) is 6.07 Å². The van der Waals surface area contributed by atoms with Crippen molar-refractivity contribution >= 4 is 11.7 Å². The molecule has 3 rings (SSSR count). The molecule has 0 bridgehead atoms. The molecule has 1 N–H and O–H groups in total. The summed E-state index contributed by atoms with van der Waals surface area (Å²) in [6.07, 6.45) is 0.811. The van der Waals surface area contributed by atoms with Gasteiger partial charge in [-0.2, -0.15) is 5.26 Å². The van der Waals surface area contributed by atoms with Crippen molar-refractivity contribution in [3.63, 3.8) is 0 Å². The standard InChI is InChI=1S/C18H19N3O3/c1-2-15-7-8-17(24-15)16-12-23-10-9-21(16)18(22)20-14-5-3-13(11-19)4-6-14/h3-8,16H,2,9-10,12H2,1H3,(H,20,22)/t16-/m0/s1. The van der Waals surface area contributed by atoms with Gasteiger partial charge in [0.2, 0.25) is 0 Å². The van der Waals surface area contributed by atoms with E-state index in [0.29, 0.717) is 31.0 Å². The predicted molar refractivity (Wildman–Crippen MR) is 88.5 cm³/mol. The number of urea groups is 1. The molecular weight excluding hydrogens is 306 g/mol. The van der Waals surface area contributed by atoms with E-state index in [4.69, 9.17) is 14.4 Å². The van der Waals surface area contributed by atoms with Gasteiger partial charge in [0.15, 0.2) is 0 Å². The van der Waals surface area contributed by atoms with Gasteiger partial charge in [-0.25, -0.2) is 4.79 Å². The molecule has 2 aromatic rings. The van der Waals surface area contributed by atoms with Crippen LogP contribution in [-0.2, 0) is 11.2 Å². The Kier molecular flexibility index (Phi) is 4.82. The minimum Gasteiger partial charge on any atom is -0.464 e. The SMILES string of the molecule is CCc1ccc([C@@H]2COCCN2C(=O)Nc2ccc(C#N)cc2)o1. The summed E-state index contributed by atoms with van der Waals surface area (Å²) < 4.78 is 11.3. The number of nitriles is 1. The molecule has 1 saturated heterocycles. The lowest BCUT2D eigenvalue weighted by Gasteiger charge is -2.34. The number of furan rings is 1. The van der Waals surface area contributed by atoms with Gasteiger partial charge < -0.3 is 19.4 Å². The Balaban J connectivity index is 1.74. The number of hydrogen-bond donors (Lipinski definition) is 1. The van der Waals surface area contributed by atoms with Crippen LogP contribution in [0.1, 0.15) is 30.0 Å². The first-order valence-electron chi connectivity index (χ1n) is 7.95.